The quantitative estimate of drug-likeness (QED) is 0.777. The maximum absolute atomic E-state index is 13.5. The van der Waals surface area contributed by atoms with E-state index in [-0.39, 0.29) is 11.4 Å². The van der Waals surface area contributed by atoms with E-state index in [4.69, 9.17) is 0 Å². The first-order valence-electron chi connectivity index (χ1n) is 7.13. The predicted octanol–water partition coefficient (Wildman–Crippen LogP) is 4.76. The van der Waals surface area contributed by atoms with E-state index in [9.17, 15) is 4.39 Å². The van der Waals surface area contributed by atoms with Crippen LogP contribution in [0.4, 0.5) is 15.8 Å². The first-order chi connectivity index (χ1) is 9.12. The van der Waals surface area contributed by atoms with E-state index in [1.54, 1.807) is 6.07 Å². The van der Waals surface area contributed by atoms with Crippen LogP contribution in [0, 0.1) is 11.7 Å². The van der Waals surface area contributed by atoms with Crippen molar-refractivity contribution in [3.63, 3.8) is 0 Å². The molecule has 3 rings (SSSR count). The normalized spacial score (nSPS) is 29.5. The summed E-state index contributed by atoms with van der Waals surface area (Å²) < 4.78 is 14.1. The molecule has 1 aliphatic heterocycles. The monoisotopic (exact) mass is 326 g/mol. The fourth-order valence-corrected chi connectivity index (χ4v) is 3.67. The second kappa shape index (κ2) is 4.97. The highest BCUT2D eigenvalue weighted by Crippen LogP contribution is 2.41. The third kappa shape index (κ3) is 2.47. The minimum absolute atomic E-state index is 0.163. The lowest BCUT2D eigenvalue weighted by Gasteiger charge is -2.45. The zero-order chi connectivity index (χ0) is 13.5. The molecule has 4 heteroatoms. The van der Waals surface area contributed by atoms with E-state index >= 15 is 0 Å². The molecule has 0 aromatic heterocycles. The lowest BCUT2D eigenvalue weighted by Crippen LogP contribution is -2.50. The standard InChI is InChI=1S/C15H20BrFN2/c1-2-10-3-5-15(6-4-10)9-18-13-8-12(17)11(16)7-14(13)19-15/h7-8,10,18-19H,2-6,9H2,1H3. The van der Waals surface area contributed by atoms with Crippen molar-refractivity contribution in [2.45, 2.75) is 44.6 Å². The summed E-state index contributed by atoms with van der Waals surface area (Å²) in [4.78, 5) is 0. The highest BCUT2D eigenvalue weighted by atomic mass is 79.9. The zero-order valence-electron chi connectivity index (χ0n) is 11.2. The molecule has 0 amide bonds. The van der Waals surface area contributed by atoms with E-state index in [0.29, 0.717) is 4.47 Å². The maximum atomic E-state index is 13.5. The van der Waals surface area contributed by atoms with E-state index < -0.39 is 0 Å². The van der Waals surface area contributed by atoms with Crippen LogP contribution in [0.1, 0.15) is 39.0 Å². The fraction of sp³-hybridized carbons (Fsp3) is 0.600. The van der Waals surface area contributed by atoms with Crippen LogP contribution in [0.5, 0.6) is 0 Å². The molecular formula is C15H20BrFN2. The second-order valence-corrected chi connectivity index (χ2v) is 6.78. The molecule has 1 spiro atoms. The lowest BCUT2D eigenvalue weighted by molar-refractivity contribution is 0.255. The Morgan fingerprint density at radius 2 is 2.05 bits per heavy atom. The highest BCUT2D eigenvalue weighted by molar-refractivity contribution is 9.10. The molecule has 1 saturated carbocycles. The zero-order valence-corrected chi connectivity index (χ0v) is 12.8. The van der Waals surface area contributed by atoms with Crippen molar-refractivity contribution in [2.75, 3.05) is 17.2 Å². The minimum Gasteiger partial charge on any atom is -0.381 e. The third-order valence-electron chi connectivity index (χ3n) is 4.72. The first kappa shape index (κ1) is 13.2. The number of benzene rings is 1. The Morgan fingerprint density at radius 3 is 2.74 bits per heavy atom. The molecule has 2 nitrogen and oxygen atoms in total. The van der Waals surface area contributed by atoms with E-state index in [1.165, 1.54) is 32.1 Å². The van der Waals surface area contributed by atoms with Crippen molar-refractivity contribution in [3.8, 4) is 0 Å². The van der Waals surface area contributed by atoms with Gasteiger partial charge in [0.25, 0.3) is 0 Å². The molecule has 0 unspecified atom stereocenters. The smallest absolute Gasteiger partial charge is 0.139 e. The van der Waals surface area contributed by atoms with Gasteiger partial charge < -0.3 is 10.6 Å². The molecule has 1 heterocycles. The Bertz CT molecular complexity index is 481. The van der Waals surface area contributed by atoms with Crippen molar-refractivity contribution >= 4 is 27.3 Å². The Morgan fingerprint density at radius 1 is 1.32 bits per heavy atom. The highest BCUT2D eigenvalue weighted by Gasteiger charge is 2.37. The van der Waals surface area contributed by atoms with Gasteiger partial charge >= 0.3 is 0 Å². The summed E-state index contributed by atoms with van der Waals surface area (Å²) >= 11 is 3.26. The molecule has 0 radical (unpaired) electrons. The van der Waals surface area contributed by atoms with E-state index in [1.807, 2.05) is 6.07 Å². The fourth-order valence-electron chi connectivity index (χ4n) is 3.33. The maximum Gasteiger partial charge on any atom is 0.139 e. The Kier molecular flexibility index (Phi) is 3.46. The number of anilines is 2. The second-order valence-electron chi connectivity index (χ2n) is 5.92. The summed E-state index contributed by atoms with van der Waals surface area (Å²) in [5.74, 6) is 0.674. The van der Waals surface area contributed by atoms with Crippen LogP contribution in [0.2, 0.25) is 0 Å². The number of hydrogen-bond acceptors (Lipinski definition) is 2. The van der Waals surface area contributed by atoms with E-state index in [0.717, 1.165) is 23.8 Å². The van der Waals surface area contributed by atoms with Gasteiger partial charge in [0.2, 0.25) is 0 Å². The molecule has 1 aliphatic carbocycles. The van der Waals surface area contributed by atoms with Gasteiger partial charge in [0.05, 0.1) is 21.4 Å². The molecule has 1 aromatic rings. The summed E-state index contributed by atoms with van der Waals surface area (Å²) in [5, 5.41) is 7.07. The van der Waals surface area contributed by atoms with Crippen LogP contribution in [0.15, 0.2) is 16.6 Å². The number of fused-ring (bicyclic) bond motifs is 1. The summed E-state index contributed by atoms with van der Waals surface area (Å²) in [7, 11) is 0. The van der Waals surface area contributed by atoms with Gasteiger partial charge in [0.1, 0.15) is 5.82 Å². The van der Waals surface area contributed by atoms with Crippen LogP contribution in [0.25, 0.3) is 0 Å². The van der Waals surface area contributed by atoms with Gasteiger partial charge in [0.15, 0.2) is 0 Å². The molecule has 1 aromatic carbocycles. The Balaban J connectivity index is 1.80. The van der Waals surface area contributed by atoms with E-state index in [2.05, 4.69) is 33.5 Å². The molecular weight excluding hydrogens is 307 g/mol. The summed E-state index contributed by atoms with van der Waals surface area (Å²) in [6.45, 7) is 3.18. The molecule has 19 heavy (non-hydrogen) atoms. The van der Waals surface area contributed by atoms with Crippen LogP contribution in [0.3, 0.4) is 0 Å². The van der Waals surface area contributed by atoms with Gasteiger partial charge in [-0.25, -0.2) is 4.39 Å². The van der Waals surface area contributed by atoms with Crippen molar-refractivity contribution in [2.24, 2.45) is 5.92 Å². The van der Waals surface area contributed by atoms with Crippen molar-refractivity contribution < 1.29 is 4.39 Å². The summed E-state index contributed by atoms with van der Waals surface area (Å²) in [5.41, 5.74) is 2.06. The molecule has 104 valence electrons. The van der Waals surface area contributed by atoms with Crippen molar-refractivity contribution in [3.05, 3.63) is 22.4 Å². The topological polar surface area (TPSA) is 24.1 Å². The van der Waals surface area contributed by atoms with Gasteiger partial charge in [-0.15, -0.1) is 0 Å². The van der Waals surface area contributed by atoms with Crippen LogP contribution < -0.4 is 10.6 Å². The lowest BCUT2D eigenvalue weighted by atomic mass is 9.74. The third-order valence-corrected chi connectivity index (χ3v) is 5.32. The number of rotatable bonds is 1. The SMILES string of the molecule is CCC1CCC2(CC1)CNc1cc(F)c(Br)cc1N2. The number of halogens is 2. The molecule has 0 bridgehead atoms. The van der Waals surface area contributed by atoms with Crippen LogP contribution in [-0.2, 0) is 0 Å². The van der Waals surface area contributed by atoms with Gasteiger partial charge in [-0.3, -0.25) is 0 Å². The average molecular weight is 327 g/mol. The Labute approximate surface area is 122 Å². The molecule has 2 aliphatic rings. The first-order valence-corrected chi connectivity index (χ1v) is 7.92. The largest absolute Gasteiger partial charge is 0.381 e. The average Bonchev–Trinajstić information content (AvgIpc) is 2.42. The molecule has 1 fully saturated rings. The van der Waals surface area contributed by atoms with Gasteiger partial charge in [-0.1, -0.05) is 13.3 Å². The predicted molar refractivity (Wildman–Crippen MR) is 81.2 cm³/mol. The van der Waals surface area contributed by atoms with Gasteiger partial charge in [-0.05, 0) is 53.6 Å². The van der Waals surface area contributed by atoms with Crippen molar-refractivity contribution in [1.29, 1.82) is 0 Å². The molecule has 0 saturated heterocycles. The molecule has 0 atom stereocenters. The van der Waals surface area contributed by atoms with Gasteiger partial charge in [0, 0.05) is 12.6 Å². The Hall–Kier alpha value is -0.770. The minimum atomic E-state index is -0.210. The summed E-state index contributed by atoms with van der Waals surface area (Å²) in [6, 6.07) is 3.42. The number of nitrogens with one attached hydrogen (secondary N) is 2. The molecule has 2 N–H and O–H groups in total. The van der Waals surface area contributed by atoms with Crippen molar-refractivity contribution in [1.82, 2.24) is 0 Å². The number of hydrogen-bond donors (Lipinski definition) is 2. The van der Waals surface area contributed by atoms with Gasteiger partial charge in [-0.2, -0.15) is 0 Å². The van der Waals surface area contributed by atoms with Crippen LogP contribution in [-0.4, -0.2) is 12.1 Å². The van der Waals surface area contributed by atoms with Crippen LogP contribution >= 0.6 is 15.9 Å². The summed E-state index contributed by atoms with van der Waals surface area (Å²) in [6.07, 6.45) is 6.28.